The van der Waals surface area contributed by atoms with Crippen LogP contribution < -0.4 is 10.6 Å². The normalized spacial score (nSPS) is 10.5. The number of rotatable bonds is 8. The quantitative estimate of drug-likeness (QED) is 0.408. The van der Waals surface area contributed by atoms with Gasteiger partial charge in [-0.05, 0) is 44.1 Å². The van der Waals surface area contributed by atoms with Crippen molar-refractivity contribution in [3.05, 3.63) is 46.8 Å². The first kappa shape index (κ1) is 20.9. The van der Waals surface area contributed by atoms with E-state index in [-0.39, 0.29) is 5.97 Å². The SMILES string of the molecule is COCCCNC(=S)Nc1c(C)nn(Cc2ccccc2C(=O)OC)c1C. The van der Waals surface area contributed by atoms with Crippen LogP contribution in [0.4, 0.5) is 5.69 Å². The van der Waals surface area contributed by atoms with E-state index in [9.17, 15) is 4.79 Å². The van der Waals surface area contributed by atoms with Gasteiger partial charge in [0.1, 0.15) is 0 Å². The summed E-state index contributed by atoms with van der Waals surface area (Å²) < 4.78 is 11.7. The predicted octanol–water partition coefficient (Wildman–Crippen LogP) is 2.66. The number of benzene rings is 1. The van der Waals surface area contributed by atoms with Gasteiger partial charge in [-0.2, -0.15) is 5.10 Å². The van der Waals surface area contributed by atoms with Gasteiger partial charge in [-0.25, -0.2) is 4.79 Å². The molecule has 1 aromatic carbocycles. The number of esters is 1. The van der Waals surface area contributed by atoms with Gasteiger partial charge in [0.15, 0.2) is 5.11 Å². The first-order valence-corrected chi connectivity index (χ1v) is 9.12. The zero-order valence-electron chi connectivity index (χ0n) is 16.2. The summed E-state index contributed by atoms with van der Waals surface area (Å²) in [6.07, 6.45) is 0.875. The number of hydrogen-bond donors (Lipinski definition) is 2. The van der Waals surface area contributed by atoms with Crippen molar-refractivity contribution in [2.24, 2.45) is 0 Å². The molecule has 0 saturated heterocycles. The lowest BCUT2D eigenvalue weighted by atomic mass is 10.1. The Bertz CT molecular complexity index is 804. The molecule has 0 bridgehead atoms. The number of ether oxygens (including phenoxy) is 2. The third-order valence-corrected chi connectivity index (χ3v) is 4.42. The Balaban J connectivity index is 2.12. The monoisotopic (exact) mass is 390 g/mol. The maximum absolute atomic E-state index is 12.0. The largest absolute Gasteiger partial charge is 0.465 e. The molecule has 0 unspecified atom stereocenters. The molecule has 0 saturated carbocycles. The summed E-state index contributed by atoms with van der Waals surface area (Å²) in [5, 5.41) is 11.5. The Hall–Kier alpha value is -2.45. The van der Waals surface area contributed by atoms with Gasteiger partial charge in [0, 0.05) is 20.3 Å². The van der Waals surface area contributed by atoms with Crippen LogP contribution in [-0.4, -0.2) is 48.2 Å². The van der Waals surface area contributed by atoms with E-state index in [1.165, 1.54) is 7.11 Å². The summed E-state index contributed by atoms with van der Waals surface area (Å²) in [6, 6.07) is 7.37. The van der Waals surface area contributed by atoms with E-state index >= 15 is 0 Å². The zero-order valence-corrected chi connectivity index (χ0v) is 17.0. The number of hydrogen-bond acceptors (Lipinski definition) is 5. The molecule has 2 N–H and O–H groups in total. The van der Waals surface area contributed by atoms with Crippen LogP contribution in [-0.2, 0) is 16.0 Å². The third-order valence-electron chi connectivity index (χ3n) is 4.17. The highest BCUT2D eigenvalue weighted by molar-refractivity contribution is 7.80. The topological polar surface area (TPSA) is 77.4 Å². The molecule has 0 aliphatic rings. The third kappa shape index (κ3) is 5.51. The number of methoxy groups -OCH3 is 2. The molecule has 1 heterocycles. The fraction of sp³-hybridized carbons (Fsp3) is 0.421. The van der Waals surface area contributed by atoms with E-state index < -0.39 is 0 Å². The van der Waals surface area contributed by atoms with E-state index in [0.29, 0.717) is 23.8 Å². The number of anilines is 1. The van der Waals surface area contributed by atoms with Crippen LogP contribution in [0.1, 0.15) is 33.7 Å². The highest BCUT2D eigenvalue weighted by Gasteiger charge is 2.16. The molecule has 2 aromatic rings. The van der Waals surface area contributed by atoms with Gasteiger partial charge < -0.3 is 20.1 Å². The molecule has 0 fully saturated rings. The van der Waals surface area contributed by atoms with Gasteiger partial charge >= 0.3 is 5.97 Å². The molecule has 146 valence electrons. The molecule has 1 aromatic heterocycles. The molecule has 0 spiro atoms. The van der Waals surface area contributed by atoms with E-state index in [1.807, 2.05) is 36.7 Å². The van der Waals surface area contributed by atoms with Crippen LogP contribution in [0.25, 0.3) is 0 Å². The van der Waals surface area contributed by atoms with E-state index in [0.717, 1.165) is 35.6 Å². The van der Waals surface area contributed by atoms with Gasteiger partial charge in [-0.15, -0.1) is 0 Å². The van der Waals surface area contributed by atoms with Crippen LogP contribution in [0.3, 0.4) is 0 Å². The number of nitrogens with one attached hydrogen (secondary N) is 2. The van der Waals surface area contributed by atoms with Gasteiger partial charge in [0.2, 0.25) is 0 Å². The number of thiocarbonyl (C=S) groups is 1. The van der Waals surface area contributed by atoms with Crippen molar-refractivity contribution >= 4 is 29.0 Å². The summed E-state index contributed by atoms with van der Waals surface area (Å²) in [6.45, 7) is 5.78. The second kappa shape index (κ2) is 10.0. The first-order valence-electron chi connectivity index (χ1n) is 8.72. The summed E-state index contributed by atoms with van der Waals surface area (Å²) in [5.74, 6) is -0.355. The summed E-state index contributed by atoms with van der Waals surface area (Å²) in [4.78, 5) is 12.0. The lowest BCUT2D eigenvalue weighted by Gasteiger charge is -2.12. The lowest BCUT2D eigenvalue weighted by Crippen LogP contribution is -2.30. The van der Waals surface area contributed by atoms with E-state index in [1.54, 1.807) is 13.2 Å². The molecule has 2 rings (SSSR count). The number of aryl methyl sites for hydroxylation is 1. The molecule has 0 aliphatic heterocycles. The van der Waals surface area contributed by atoms with Gasteiger partial charge in [0.25, 0.3) is 0 Å². The Kier molecular flexibility index (Phi) is 7.75. The molecule has 27 heavy (non-hydrogen) atoms. The van der Waals surface area contributed by atoms with Gasteiger partial charge in [-0.1, -0.05) is 18.2 Å². The van der Waals surface area contributed by atoms with Crippen molar-refractivity contribution in [3.63, 3.8) is 0 Å². The van der Waals surface area contributed by atoms with Crippen molar-refractivity contribution < 1.29 is 14.3 Å². The Morgan fingerprint density at radius 2 is 2.00 bits per heavy atom. The van der Waals surface area contributed by atoms with E-state index in [2.05, 4.69) is 15.7 Å². The number of carbonyl (C=O) groups excluding carboxylic acids is 1. The van der Waals surface area contributed by atoms with Crippen LogP contribution in [0.2, 0.25) is 0 Å². The average Bonchev–Trinajstić information content (AvgIpc) is 2.92. The Morgan fingerprint density at radius 3 is 2.70 bits per heavy atom. The maximum Gasteiger partial charge on any atom is 0.338 e. The Labute approximate surface area is 165 Å². The first-order chi connectivity index (χ1) is 13.0. The predicted molar refractivity (Wildman–Crippen MR) is 109 cm³/mol. The highest BCUT2D eigenvalue weighted by atomic mass is 32.1. The molecular weight excluding hydrogens is 364 g/mol. The average molecular weight is 391 g/mol. The van der Waals surface area contributed by atoms with Gasteiger partial charge in [-0.3, -0.25) is 4.68 Å². The number of carbonyl (C=O) groups is 1. The second-order valence-electron chi connectivity index (χ2n) is 6.08. The minimum Gasteiger partial charge on any atom is -0.465 e. The molecule has 0 atom stereocenters. The number of aromatic nitrogens is 2. The molecule has 0 amide bonds. The van der Waals surface area contributed by atoms with E-state index in [4.69, 9.17) is 21.7 Å². The standard InChI is InChI=1S/C19H26N4O3S/c1-13-17(21-19(27)20-10-7-11-25-3)14(2)23(22-13)12-15-8-5-6-9-16(15)18(24)26-4/h5-6,8-9H,7,10-12H2,1-4H3,(H2,20,21,27). The van der Waals surface area contributed by atoms with Crippen molar-refractivity contribution in [2.75, 3.05) is 32.7 Å². The van der Waals surface area contributed by atoms with Crippen LogP contribution in [0.5, 0.6) is 0 Å². The maximum atomic E-state index is 12.0. The summed E-state index contributed by atoms with van der Waals surface area (Å²) in [5.41, 5.74) is 4.03. The minimum absolute atomic E-state index is 0.355. The van der Waals surface area contributed by atoms with Crippen LogP contribution >= 0.6 is 12.2 Å². The molecule has 8 heteroatoms. The fourth-order valence-corrected chi connectivity index (χ4v) is 2.94. The fourth-order valence-electron chi connectivity index (χ4n) is 2.74. The Morgan fingerprint density at radius 1 is 1.26 bits per heavy atom. The molecule has 7 nitrogen and oxygen atoms in total. The highest BCUT2D eigenvalue weighted by Crippen LogP contribution is 2.21. The van der Waals surface area contributed by atoms with Crippen molar-refractivity contribution in [3.8, 4) is 0 Å². The molecule has 0 radical (unpaired) electrons. The molecule has 0 aliphatic carbocycles. The lowest BCUT2D eigenvalue weighted by molar-refractivity contribution is 0.0599. The summed E-state index contributed by atoms with van der Waals surface area (Å²) in [7, 11) is 3.06. The summed E-state index contributed by atoms with van der Waals surface area (Å²) >= 11 is 5.35. The van der Waals surface area contributed by atoms with Crippen LogP contribution in [0.15, 0.2) is 24.3 Å². The van der Waals surface area contributed by atoms with Crippen molar-refractivity contribution in [1.82, 2.24) is 15.1 Å². The second-order valence-corrected chi connectivity index (χ2v) is 6.49. The van der Waals surface area contributed by atoms with Crippen molar-refractivity contribution in [1.29, 1.82) is 0 Å². The van der Waals surface area contributed by atoms with Gasteiger partial charge in [0.05, 0.1) is 36.3 Å². The smallest absolute Gasteiger partial charge is 0.338 e. The van der Waals surface area contributed by atoms with Crippen molar-refractivity contribution in [2.45, 2.75) is 26.8 Å². The molecular formula is C19H26N4O3S. The zero-order chi connectivity index (χ0) is 19.8. The minimum atomic E-state index is -0.355. The number of nitrogens with zero attached hydrogens (tertiary/aromatic N) is 2. The van der Waals surface area contributed by atoms with Crippen LogP contribution in [0, 0.1) is 13.8 Å².